The Kier molecular flexibility index (Phi) is 3.96. The highest BCUT2D eigenvalue weighted by Crippen LogP contribution is 2.46. The molecule has 0 aliphatic carbocycles. The van der Waals surface area contributed by atoms with Gasteiger partial charge in [-0.25, -0.2) is 4.39 Å². The van der Waals surface area contributed by atoms with Crippen LogP contribution in [0.5, 0.6) is 0 Å². The van der Waals surface area contributed by atoms with Crippen LogP contribution in [-0.2, 0) is 12.1 Å². The molecule has 0 saturated carbocycles. The molecule has 0 radical (unpaired) electrons. The van der Waals surface area contributed by atoms with Crippen molar-refractivity contribution >= 4 is 23.4 Å². The van der Waals surface area contributed by atoms with Crippen LogP contribution < -0.4 is 0 Å². The maximum atomic E-state index is 14.7. The van der Waals surface area contributed by atoms with E-state index < -0.39 is 17.4 Å². The molecule has 1 saturated heterocycles. The summed E-state index contributed by atoms with van der Waals surface area (Å²) in [6, 6.07) is 12.9. The smallest absolute Gasteiger partial charge is 0.294 e. The van der Waals surface area contributed by atoms with Crippen molar-refractivity contribution < 1.29 is 18.5 Å². The molecule has 1 aromatic heterocycles. The number of hydrogen-bond donors (Lipinski definition) is 0. The van der Waals surface area contributed by atoms with Crippen molar-refractivity contribution in [3.05, 3.63) is 88.0 Å². The summed E-state index contributed by atoms with van der Waals surface area (Å²) in [4.78, 5) is 29.7. The van der Waals surface area contributed by atoms with E-state index in [9.17, 15) is 14.0 Å². The van der Waals surface area contributed by atoms with E-state index in [1.54, 1.807) is 40.1 Å². The highest BCUT2D eigenvalue weighted by atomic mass is 35.5. The fraction of sp³-hybridized carbons (Fsp3) is 0.190. The van der Waals surface area contributed by atoms with Gasteiger partial charge in [0.05, 0.1) is 6.20 Å². The van der Waals surface area contributed by atoms with Gasteiger partial charge in [-0.1, -0.05) is 35.0 Å². The first-order chi connectivity index (χ1) is 14.0. The largest absolute Gasteiger partial charge is 0.351 e. The van der Waals surface area contributed by atoms with Crippen LogP contribution in [0.3, 0.4) is 0 Å². The standard InChI is InChI=1S/C21H15ClFN3O3/c22-14-6-4-13(5-7-14)21-12-16-15(2-1-3-17(16)23)19(27)25(21)10-11-26(21)20(28)18-8-9-24-29-18/h1-9H,10-12H2. The summed E-state index contributed by atoms with van der Waals surface area (Å²) in [5.41, 5.74) is 0.111. The lowest BCUT2D eigenvalue weighted by molar-refractivity contribution is 0.00522. The van der Waals surface area contributed by atoms with Crippen molar-refractivity contribution in [1.29, 1.82) is 0 Å². The first kappa shape index (κ1) is 17.9. The molecule has 0 spiro atoms. The van der Waals surface area contributed by atoms with Crippen molar-refractivity contribution in [2.45, 2.75) is 12.1 Å². The number of benzene rings is 2. The average molecular weight is 412 g/mol. The highest BCUT2D eigenvalue weighted by Gasteiger charge is 2.56. The molecule has 1 atom stereocenters. The molecule has 3 aromatic rings. The van der Waals surface area contributed by atoms with Gasteiger partial charge < -0.3 is 14.3 Å². The van der Waals surface area contributed by atoms with E-state index in [-0.39, 0.29) is 24.6 Å². The van der Waals surface area contributed by atoms with Crippen LogP contribution in [0.1, 0.15) is 32.0 Å². The zero-order chi connectivity index (χ0) is 20.2. The number of nitrogens with zero attached hydrogens (tertiary/aromatic N) is 3. The van der Waals surface area contributed by atoms with Crippen molar-refractivity contribution in [1.82, 2.24) is 15.0 Å². The van der Waals surface area contributed by atoms with Crippen LogP contribution in [-0.4, -0.2) is 39.9 Å². The minimum Gasteiger partial charge on any atom is -0.351 e. The molecule has 29 heavy (non-hydrogen) atoms. The number of amides is 2. The molecular weight excluding hydrogens is 397 g/mol. The van der Waals surface area contributed by atoms with Gasteiger partial charge in [0.2, 0.25) is 5.76 Å². The van der Waals surface area contributed by atoms with Crippen molar-refractivity contribution in [3.63, 3.8) is 0 Å². The molecule has 6 nitrogen and oxygen atoms in total. The fourth-order valence-electron chi connectivity index (χ4n) is 4.37. The summed E-state index contributed by atoms with van der Waals surface area (Å²) in [5, 5.41) is 4.13. The number of rotatable bonds is 2. The van der Waals surface area contributed by atoms with E-state index in [1.807, 2.05) is 0 Å². The maximum Gasteiger partial charge on any atom is 0.294 e. The number of carbonyl (C=O) groups is 2. The summed E-state index contributed by atoms with van der Waals surface area (Å²) in [6.07, 6.45) is 1.51. The van der Waals surface area contributed by atoms with Crippen LogP contribution in [0.4, 0.5) is 4.39 Å². The van der Waals surface area contributed by atoms with E-state index in [0.717, 1.165) is 0 Å². The molecule has 3 heterocycles. The number of aromatic nitrogens is 1. The molecular formula is C21H15ClFN3O3. The number of halogens is 2. The van der Waals surface area contributed by atoms with E-state index >= 15 is 0 Å². The third kappa shape index (κ3) is 2.50. The molecule has 146 valence electrons. The predicted octanol–water partition coefficient (Wildman–Crippen LogP) is 3.47. The third-order valence-electron chi connectivity index (χ3n) is 5.66. The lowest BCUT2D eigenvalue weighted by Gasteiger charge is -2.47. The topological polar surface area (TPSA) is 66.7 Å². The molecule has 2 aromatic carbocycles. The quantitative estimate of drug-likeness (QED) is 0.647. The molecule has 5 rings (SSSR count). The maximum absolute atomic E-state index is 14.7. The van der Waals surface area contributed by atoms with Gasteiger partial charge in [0.25, 0.3) is 11.8 Å². The minimum absolute atomic E-state index is 0.0620. The Morgan fingerprint density at radius 1 is 1.14 bits per heavy atom. The zero-order valence-electron chi connectivity index (χ0n) is 15.1. The summed E-state index contributed by atoms with van der Waals surface area (Å²) in [5.74, 6) is -1.13. The monoisotopic (exact) mass is 411 g/mol. The number of carbonyl (C=O) groups excluding carboxylic acids is 2. The molecule has 1 unspecified atom stereocenters. The second-order valence-electron chi connectivity index (χ2n) is 7.06. The predicted molar refractivity (Wildman–Crippen MR) is 102 cm³/mol. The van der Waals surface area contributed by atoms with Gasteiger partial charge in [-0.3, -0.25) is 9.59 Å². The summed E-state index contributed by atoms with van der Waals surface area (Å²) in [6.45, 7) is 0.598. The zero-order valence-corrected chi connectivity index (χ0v) is 15.9. The van der Waals surface area contributed by atoms with Crippen molar-refractivity contribution in [2.24, 2.45) is 0 Å². The molecule has 8 heteroatoms. The highest BCUT2D eigenvalue weighted by molar-refractivity contribution is 6.30. The Balaban J connectivity index is 1.73. The Labute approximate surface area is 170 Å². The second-order valence-corrected chi connectivity index (χ2v) is 7.49. The van der Waals surface area contributed by atoms with Gasteiger partial charge in [0.1, 0.15) is 11.5 Å². The normalized spacial score (nSPS) is 20.6. The Hall–Kier alpha value is -3.19. The number of fused-ring (bicyclic) bond motifs is 2. The van der Waals surface area contributed by atoms with Gasteiger partial charge in [0.15, 0.2) is 0 Å². The molecule has 0 N–H and O–H groups in total. The first-order valence-electron chi connectivity index (χ1n) is 9.10. The molecule has 2 aliphatic heterocycles. The van der Waals surface area contributed by atoms with Gasteiger partial charge >= 0.3 is 0 Å². The number of hydrogen-bond acceptors (Lipinski definition) is 4. The summed E-state index contributed by atoms with van der Waals surface area (Å²) in [7, 11) is 0. The van der Waals surface area contributed by atoms with Crippen LogP contribution in [0.15, 0.2) is 59.3 Å². The van der Waals surface area contributed by atoms with Gasteiger partial charge in [-0.05, 0) is 29.8 Å². The lowest BCUT2D eigenvalue weighted by atomic mass is 9.83. The van der Waals surface area contributed by atoms with E-state index in [1.165, 1.54) is 24.4 Å². The van der Waals surface area contributed by atoms with E-state index in [2.05, 4.69) is 5.16 Å². The Bertz CT molecular complexity index is 1120. The van der Waals surface area contributed by atoms with Crippen LogP contribution in [0.2, 0.25) is 5.02 Å². The SMILES string of the molecule is O=C(c1ccno1)N1CCN2C(=O)c3cccc(F)c3CC12c1ccc(Cl)cc1. The first-order valence-corrected chi connectivity index (χ1v) is 9.48. The van der Waals surface area contributed by atoms with Gasteiger partial charge in [-0.2, -0.15) is 0 Å². The Morgan fingerprint density at radius 3 is 2.66 bits per heavy atom. The van der Waals surface area contributed by atoms with Crippen molar-refractivity contribution in [2.75, 3.05) is 13.1 Å². The average Bonchev–Trinajstić information content (AvgIpc) is 3.38. The van der Waals surface area contributed by atoms with Crippen LogP contribution in [0.25, 0.3) is 0 Å². The summed E-state index contributed by atoms with van der Waals surface area (Å²) < 4.78 is 19.8. The molecule has 2 amide bonds. The minimum atomic E-state index is -1.18. The molecule has 0 bridgehead atoms. The fourth-order valence-corrected chi connectivity index (χ4v) is 4.49. The second kappa shape index (κ2) is 6.42. The summed E-state index contributed by atoms with van der Waals surface area (Å²) >= 11 is 6.06. The van der Waals surface area contributed by atoms with E-state index in [4.69, 9.17) is 16.1 Å². The van der Waals surface area contributed by atoms with Crippen molar-refractivity contribution in [3.8, 4) is 0 Å². The van der Waals surface area contributed by atoms with Gasteiger partial charge in [0, 0.05) is 41.7 Å². The van der Waals surface area contributed by atoms with E-state index in [0.29, 0.717) is 28.3 Å². The van der Waals surface area contributed by atoms with Gasteiger partial charge in [-0.15, -0.1) is 0 Å². The van der Waals surface area contributed by atoms with Crippen LogP contribution in [0, 0.1) is 5.82 Å². The molecule has 2 aliphatic rings. The third-order valence-corrected chi connectivity index (χ3v) is 5.91. The molecule has 1 fully saturated rings. The lowest BCUT2D eigenvalue weighted by Crippen LogP contribution is -2.58. The Morgan fingerprint density at radius 2 is 1.93 bits per heavy atom. The van der Waals surface area contributed by atoms with Crippen LogP contribution >= 0.6 is 11.6 Å².